The Bertz CT molecular complexity index is 1850. The molecule has 286 valence electrons. The molecule has 0 radical (unpaired) electrons. The second-order valence-corrected chi connectivity index (χ2v) is 18.0. The topological polar surface area (TPSA) is 160 Å². The molecule has 5 atom stereocenters. The van der Waals surface area contributed by atoms with Crippen LogP contribution in [0.15, 0.2) is 61.2 Å². The van der Waals surface area contributed by atoms with Gasteiger partial charge in [-0.2, -0.15) is 0 Å². The Morgan fingerprint density at radius 2 is 1.72 bits per heavy atom. The molecular weight excluding hydrogens is 697 g/mol. The summed E-state index contributed by atoms with van der Waals surface area (Å²) in [4.78, 5) is 57.3. The summed E-state index contributed by atoms with van der Waals surface area (Å²) in [5, 5.41) is 4.99. The van der Waals surface area contributed by atoms with E-state index in [1.807, 2.05) is 57.2 Å². The Hall–Kier alpha value is -4.23. The van der Waals surface area contributed by atoms with E-state index < -0.39 is 73.6 Å². The molecule has 0 aromatic heterocycles. The van der Waals surface area contributed by atoms with Crippen molar-refractivity contribution in [3.63, 3.8) is 0 Å². The number of aryl methyl sites for hydroxylation is 1. The molecule has 7 rings (SSSR count). The lowest BCUT2D eigenvalue weighted by molar-refractivity contribution is -0.143. The van der Waals surface area contributed by atoms with Gasteiger partial charge in [0.05, 0.1) is 18.4 Å². The lowest BCUT2D eigenvalue weighted by Gasteiger charge is -2.36. The Morgan fingerprint density at radius 3 is 2.36 bits per heavy atom. The molecule has 0 spiro atoms. The fraction of sp³-hybridized carbons (Fsp3) is 0.550. The van der Waals surface area contributed by atoms with Gasteiger partial charge in [0.2, 0.25) is 21.8 Å². The first-order valence-corrected chi connectivity index (χ1v) is 20.2. The van der Waals surface area contributed by atoms with Gasteiger partial charge < -0.3 is 25.0 Å². The third-order valence-corrected chi connectivity index (χ3v) is 13.1. The van der Waals surface area contributed by atoms with Gasteiger partial charge in [-0.15, -0.1) is 6.58 Å². The molecule has 4 amide bonds. The minimum atomic E-state index is -3.89. The number of ether oxygens (including phenoxy) is 2. The van der Waals surface area contributed by atoms with E-state index in [0.29, 0.717) is 19.3 Å². The summed E-state index contributed by atoms with van der Waals surface area (Å²) in [6.07, 6.45) is 6.35. The maximum Gasteiger partial charge on any atom is 0.407 e. The molecule has 2 aromatic rings. The van der Waals surface area contributed by atoms with Crippen LogP contribution in [0.25, 0.3) is 11.1 Å². The van der Waals surface area contributed by atoms with Gasteiger partial charge in [-0.25, -0.2) is 13.2 Å². The number of sulfonamides is 1. The predicted molar refractivity (Wildman–Crippen MR) is 200 cm³/mol. The highest BCUT2D eigenvalue weighted by atomic mass is 32.2. The van der Waals surface area contributed by atoms with Crippen LogP contribution in [0.3, 0.4) is 0 Å². The second-order valence-electron chi connectivity index (χ2n) is 16.0. The minimum Gasteiger partial charge on any atom is -0.450 e. The molecule has 2 saturated carbocycles. The predicted octanol–water partition coefficient (Wildman–Crippen LogP) is 4.72. The van der Waals surface area contributed by atoms with Crippen molar-refractivity contribution in [2.24, 2.45) is 11.3 Å². The van der Waals surface area contributed by atoms with Gasteiger partial charge >= 0.3 is 6.09 Å². The zero-order chi connectivity index (χ0) is 38.2. The first-order chi connectivity index (χ1) is 25.1. The van der Waals surface area contributed by atoms with Crippen molar-refractivity contribution in [2.75, 3.05) is 20.3 Å². The van der Waals surface area contributed by atoms with E-state index in [0.717, 1.165) is 42.4 Å². The minimum absolute atomic E-state index is 0.0280. The summed E-state index contributed by atoms with van der Waals surface area (Å²) in [6, 6.07) is 14.1. The van der Waals surface area contributed by atoms with E-state index in [4.69, 9.17) is 9.47 Å². The molecule has 1 saturated heterocycles. The smallest absolute Gasteiger partial charge is 0.407 e. The highest BCUT2D eigenvalue weighted by molar-refractivity contribution is 7.91. The van der Waals surface area contributed by atoms with Gasteiger partial charge in [-0.05, 0) is 66.2 Å². The molecule has 4 bridgehead atoms. The fourth-order valence-electron chi connectivity index (χ4n) is 7.72. The zero-order valence-corrected chi connectivity index (χ0v) is 31.9. The standard InChI is InChI=1S/C40H52N4O8S/c1-6-28-23-40(28,36(47)43-53(49,50)30-20-21-30)42-34(45)32-24-39(51-5)25-44(32)35(46)33(38(2,3)4)41-37(48)52-22-12-8-7-9-13-26-14-10-11-15-31(26)27-16-18-29(39)19-17-27/h6,10-11,14-19,28,30,32-33H,1,7-9,12-13,20-25H2,2-5H3,(H,41,48)(H,42,45)(H,43,47)/t28-,32+,33-,39+,40-/m1/s1. The normalized spacial score (nSPS) is 28.2. The summed E-state index contributed by atoms with van der Waals surface area (Å²) in [5.41, 5.74) is 0.680. The number of alkyl carbamates (subject to hydrolysis) is 1. The van der Waals surface area contributed by atoms with E-state index in [2.05, 4.69) is 34.1 Å². The van der Waals surface area contributed by atoms with Crippen molar-refractivity contribution in [3.05, 3.63) is 72.3 Å². The van der Waals surface area contributed by atoms with E-state index in [1.165, 1.54) is 23.6 Å². The summed E-state index contributed by atoms with van der Waals surface area (Å²) >= 11 is 0. The van der Waals surface area contributed by atoms with Gasteiger partial charge in [-0.1, -0.05) is 88.2 Å². The van der Waals surface area contributed by atoms with Crippen LogP contribution in [0.1, 0.15) is 83.3 Å². The molecule has 12 nitrogen and oxygen atoms in total. The van der Waals surface area contributed by atoms with Crippen molar-refractivity contribution in [2.45, 2.75) is 107 Å². The van der Waals surface area contributed by atoms with Crippen LogP contribution in [-0.4, -0.2) is 80.3 Å². The van der Waals surface area contributed by atoms with Crippen LogP contribution in [0.5, 0.6) is 0 Å². The second kappa shape index (κ2) is 14.9. The third-order valence-electron chi connectivity index (χ3n) is 11.2. The molecule has 3 N–H and O–H groups in total. The molecule has 3 fully saturated rings. The van der Waals surface area contributed by atoms with Crippen LogP contribution in [-0.2, 0) is 45.9 Å². The van der Waals surface area contributed by atoms with Crippen molar-refractivity contribution >= 4 is 33.8 Å². The average Bonchev–Trinajstić information content (AvgIpc) is 4.06. The number of carbonyl (C=O) groups excluding carboxylic acids is 4. The quantitative estimate of drug-likeness (QED) is 0.343. The van der Waals surface area contributed by atoms with E-state index >= 15 is 0 Å². The van der Waals surface area contributed by atoms with Crippen molar-refractivity contribution in [3.8, 4) is 11.1 Å². The Morgan fingerprint density at radius 1 is 1.02 bits per heavy atom. The van der Waals surface area contributed by atoms with Gasteiger partial charge in [0, 0.05) is 19.4 Å². The maximum absolute atomic E-state index is 14.7. The third kappa shape index (κ3) is 8.01. The molecule has 0 unspecified atom stereocenters. The SMILES string of the molecule is C=C[C@@H]1C[C@]1(NC(=O)[C@@H]1C[C@]2(OC)CN1C(=O)[C@H](C(C)(C)C)NC(=O)OCCCCCCc1ccccc1-c1ccc2cc1)C(=O)NS(=O)(=O)C1CC1. The molecule has 5 aliphatic rings. The van der Waals surface area contributed by atoms with Gasteiger partial charge in [0.25, 0.3) is 5.91 Å². The molecule has 2 aliphatic carbocycles. The molecular formula is C40H52N4O8S. The number of carbonyl (C=O) groups is 4. The Balaban J connectivity index is 1.37. The number of fused-ring (bicyclic) bond motifs is 12. The first-order valence-electron chi connectivity index (χ1n) is 18.6. The van der Waals surface area contributed by atoms with E-state index in [9.17, 15) is 27.6 Å². The van der Waals surface area contributed by atoms with Crippen molar-refractivity contribution < 1.29 is 37.1 Å². The van der Waals surface area contributed by atoms with Gasteiger partial charge in [0.1, 0.15) is 23.2 Å². The van der Waals surface area contributed by atoms with E-state index in [-0.39, 0.29) is 26.0 Å². The highest BCUT2D eigenvalue weighted by Gasteiger charge is 2.62. The summed E-state index contributed by atoms with van der Waals surface area (Å²) in [7, 11) is -2.36. The van der Waals surface area contributed by atoms with Crippen LogP contribution in [0.2, 0.25) is 0 Å². The van der Waals surface area contributed by atoms with Crippen LogP contribution in [0, 0.1) is 11.3 Å². The van der Waals surface area contributed by atoms with Crippen molar-refractivity contribution in [1.29, 1.82) is 0 Å². The summed E-state index contributed by atoms with van der Waals surface area (Å²) in [5.74, 6) is -2.49. The number of benzene rings is 2. The number of hydrogen-bond donors (Lipinski definition) is 3. The molecule has 3 aliphatic heterocycles. The lowest BCUT2D eigenvalue weighted by Crippen LogP contribution is -2.60. The summed E-state index contributed by atoms with van der Waals surface area (Å²) < 4.78 is 39.4. The Kier molecular flexibility index (Phi) is 10.8. The molecule has 3 heterocycles. The average molecular weight is 749 g/mol. The number of nitrogens with zero attached hydrogens (tertiary/aromatic N) is 1. The number of methoxy groups -OCH3 is 1. The van der Waals surface area contributed by atoms with Crippen molar-refractivity contribution in [1.82, 2.24) is 20.3 Å². The maximum atomic E-state index is 14.7. The largest absolute Gasteiger partial charge is 0.450 e. The van der Waals surface area contributed by atoms with Crippen LogP contribution >= 0.6 is 0 Å². The zero-order valence-electron chi connectivity index (χ0n) is 31.1. The highest BCUT2D eigenvalue weighted by Crippen LogP contribution is 2.47. The fourth-order valence-corrected chi connectivity index (χ4v) is 9.08. The number of rotatable bonds is 7. The number of nitrogens with one attached hydrogen (secondary N) is 3. The summed E-state index contributed by atoms with van der Waals surface area (Å²) in [6.45, 7) is 9.42. The monoisotopic (exact) mass is 748 g/mol. The van der Waals surface area contributed by atoms with Gasteiger partial charge in [-0.3, -0.25) is 19.1 Å². The number of amides is 4. The molecule has 2 aromatic carbocycles. The van der Waals surface area contributed by atoms with E-state index in [1.54, 1.807) is 0 Å². The number of hydrogen-bond acceptors (Lipinski definition) is 8. The molecule has 13 heteroatoms. The van der Waals surface area contributed by atoms with Gasteiger partial charge in [0.15, 0.2) is 0 Å². The van der Waals surface area contributed by atoms with Crippen LogP contribution in [0.4, 0.5) is 4.79 Å². The molecule has 53 heavy (non-hydrogen) atoms. The van der Waals surface area contributed by atoms with Crippen LogP contribution < -0.4 is 15.4 Å². The Labute approximate surface area is 312 Å². The lowest BCUT2D eigenvalue weighted by atomic mass is 9.85. The first kappa shape index (κ1) is 38.5.